The number of nitrogens with one attached hydrogen (secondary N) is 1. The molecule has 0 heterocycles. The molecule has 0 aromatic heterocycles. The lowest BCUT2D eigenvalue weighted by Crippen LogP contribution is -2.40. The van der Waals surface area contributed by atoms with Gasteiger partial charge in [-0.2, -0.15) is 0 Å². The largest absolute Gasteiger partial charge is 0.308 e. The fourth-order valence-corrected chi connectivity index (χ4v) is 2.67. The van der Waals surface area contributed by atoms with Gasteiger partial charge in [-0.3, -0.25) is 0 Å². The van der Waals surface area contributed by atoms with Gasteiger partial charge in [0.25, 0.3) is 0 Å². The average molecular weight is 327 g/mol. The van der Waals surface area contributed by atoms with Gasteiger partial charge in [-0.1, -0.05) is 41.9 Å². The van der Waals surface area contributed by atoms with E-state index in [-0.39, 0.29) is 0 Å². The molecular formula is C16H27BrN2. The quantitative estimate of drug-likeness (QED) is 0.812. The summed E-state index contributed by atoms with van der Waals surface area (Å²) >= 11 is 3.48. The molecule has 0 bridgehead atoms. The van der Waals surface area contributed by atoms with Crippen LogP contribution in [0.3, 0.4) is 0 Å². The predicted octanol–water partition coefficient (Wildman–Crippen LogP) is 4.08. The molecule has 0 fully saturated rings. The van der Waals surface area contributed by atoms with Crippen LogP contribution in [0.15, 0.2) is 28.7 Å². The van der Waals surface area contributed by atoms with E-state index < -0.39 is 0 Å². The van der Waals surface area contributed by atoms with Crippen molar-refractivity contribution in [2.24, 2.45) is 5.92 Å². The lowest BCUT2D eigenvalue weighted by atomic mass is 10.0. The van der Waals surface area contributed by atoms with Crippen LogP contribution in [0.1, 0.15) is 38.8 Å². The van der Waals surface area contributed by atoms with Crippen molar-refractivity contribution in [3.63, 3.8) is 0 Å². The molecule has 3 heteroatoms. The topological polar surface area (TPSA) is 15.3 Å². The number of nitrogens with zero attached hydrogens (tertiary/aromatic N) is 1. The molecule has 0 saturated heterocycles. The normalized spacial score (nSPS) is 14.9. The lowest BCUT2D eigenvalue weighted by molar-refractivity contribution is 0.291. The first kappa shape index (κ1) is 16.7. The molecule has 0 spiro atoms. The van der Waals surface area contributed by atoms with Crippen molar-refractivity contribution >= 4 is 15.9 Å². The van der Waals surface area contributed by atoms with Gasteiger partial charge in [-0.05, 0) is 51.1 Å². The van der Waals surface area contributed by atoms with Gasteiger partial charge in [0, 0.05) is 23.1 Å². The molecular weight excluding hydrogens is 300 g/mol. The minimum absolute atomic E-state index is 0.386. The van der Waals surface area contributed by atoms with E-state index in [1.807, 2.05) is 0 Å². The number of hydrogen-bond acceptors (Lipinski definition) is 2. The smallest absolute Gasteiger partial charge is 0.0294 e. The summed E-state index contributed by atoms with van der Waals surface area (Å²) in [6.45, 7) is 7.90. The maximum Gasteiger partial charge on any atom is 0.0294 e. The monoisotopic (exact) mass is 326 g/mol. The SMILES string of the molecule is CC(C)CC(CN(C)C)NC(C)c1ccc(Br)cc1. The summed E-state index contributed by atoms with van der Waals surface area (Å²) in [7, 11) is 4.28. The number of rotatable bonds is 7. The zero-order valence-electron chi connectivity index (χ0n) is 12.8. The van der Waals surface area contributed by atoms with Crippen molar-refractivity contribution < 1.29 is 0 Å². The second-order valence-electron chi connectivity index (χ2n) is 6.03. The zero-order valence-corrected chi connectivity index (χ0v) is 14.4. The first-order valence-electron chi connectivity index (χ1n) is 7.04. The summed E-state index contributed by atoms with van der Waals surface area (Å²) in [6, 6.07) is 9.51. The van der Waals surface area contributed by atoms with Gasteiger partial charge in [-0.25, -0.2) is 0 Å². The van der Waals surface area contributed by atoms with Crippen molar-refractivity contribution in [1.82, 2.24) is 10.2 Å². The third kappa shape index (κ3) is 6.55. The van der Waals surface area contributed by atoms with E-state index in [2.05, 4.69) is 85.3 Å². The molecule has 108 valence electrons. The number of benzene rings is 1. The molecule has 0 aliphatic heterocycles. The van der Waals surface area contributed by atoms with Gasteiger partial charge >= 0.3 is 0 Å². The van der Waals surface area contributed by atoms with Crippen LogP contribution in [0.25, 0.3) is 0 Å². The van der Waals surface area contributed by atoms with Gasteiger partial charge in [0.05, 0.1) is 0 Å². The maximum absolute atomic E-state index is 3.76. The Labute approximate surface area is 126 Å². The Morgan fingerprint density at radius 2 is 1.68 bits per heavy atom. The minimum atomic E-state index is 0.386. The first-order chi connectivity index (χ1) is 8.88. The Hall–Kier alpha value is -0.380. The highest BCUT2D eigenvalue weighted by atomic mass is 79.9. The molecule has 0 saturated carbocycles. The van der Waals surface area contributed by atoms with Crippen molar-refractivity contribution in [2.45, 2.75) is 39.3 Å². The van der Waals surface area contributed by atoms with Gasteiger partial charge in [0.2, 0.25) is 0 Å². The van der Waals surface area contributed by atoms with Crippen LogP contribution in [0.5, 0.6) is 0 Å². The Bertz CT molecular complexity index is 350. The number of hydrogen-bond donors (Lipinski definition) is 1. The van der Waals surface area contributed by atoms with Crippen LogP contribution in [0.2, 0.25) is 0 Å². The lowest BCUT2D eigenvalue weighted by Gasteiger charge is -2.27. The summed E-state index contributed by atoms with van der Waals surface area (Å²) in [6.07, 6.45) is 1.21. The van der Waals surface area contributed by atoms with E-state index in [1.54, 1.807) is 0 Å². The number of likely N-dealkylation sites (N-methyl/N-ethyl adjacent to an activating group) is 1. The van der Waals surface area contributed by atoms with E-state index >= 15 is 0 Å². The first-order valence-corrected chi connectivity index (χ1v) is 7.84. The fraction of sp³-hybridized carbons (Fsp3) is 0.625. The highest BCUT2D eigenvalue weighted by molar-refractivity contribution is 9.10. The Kier molecular flexibility index (Phi) is 7.05. The molecule has 2 atom stereocenters. The molecule has 2 nitrogen and oxygen atoms in total. The summed E-state index contributed by atoms with van der Waals surface area (Å²) in [5, 5.41) is 3.76. The highest BCUT2D eigenvalue weighted by Gasteiger charge is 2.15. The molecule has 0 aliphatic rings. The Balaban J connectivity index is 2.63. The minimum Gasteiger partial charge on any atom is -0.308 e. The van der Waals surface area contributed by atoms with E-state index in [0.717, 1.165) is 16.9 Å². The highest BCUT2D eigenvalue weighted by Crippen LogP contribution is 2.18. The van der Waals surface area contributed by atoms with Crippen LogP contribution in [0.4, 0.5) is 0 Å². The van der Waals surface area contributed by atoms with E-state index in [9.17, 15) is 0 Å². The third-order valence-corrected chi connectivity index (χ3v) is 3.73. The van der Waals surface area contributed by atoms with Crippen LogP contribution in [-0.2, 0) is 0 Å². The Morgan fingerprint density at radius 1 is 1.11 bits per heavy atom. The number of halogens is 1. The second-order valence-corrected chi connectivity index (χ2v) is 6.94. The molecule has 1 aromatic carbocycles. The van der Waals surface area contributed by atoms with Gasteiger partial charge in [-0.15, -0.1) is 0 Å². The Morgan fingerprint density at radius 3 is 2.16 bits per heavy atom. The molecule has 0 aliphatic carbocycles. The van der Waals surface area contributed by atoms with Gasteiger partial charge in [0.15, 0.2) is 0 Å². The molecule has 19 heavy (non-hydrogen) atoms. The molecule has 2 unspecified atom stereocenters. The predicted molar refractivity (Wildman–Crippen MR) is 87.5 cm³/mol. The van der Waals surface area contributed by atoms with E-state index in [1.165, 1.54) is 12.0 Å². The molecule has 0 radical (unpaired) electrons. The third-order valence-electron chi connectivity index (χ3n) is 3.20. The average Bonchev–Trinajstić information content (AvgIpc) is 2.27. The van der Waals surface area contributed by atoms with Crippen molar-refractivity contribution in [2.75, 3.05) is 20.6 Å². The van der Waals surface area contributed by atoms with Crippen LogP contribution in [0, 0.1) is 5.92 Å². The molecule has 1 aromatic rings. The molecule has 0 amide bonds. The standard InChI is InChI=1S/C16H27BrN2/c1-12(2)10-16(11-19(4)5)18-13(3)14-6-8-15(17)9-7-14/h6-9,12-13,16,18H,10-11H2,1-5H3. The summed E-state index contributed by atoms with van der Waals surface area (Å²) < 4.78 is 1.13. The van der Waals surface area contributed by atoms with Crippen molar-refractivity contribution in [3.05, 3.63) is 34.3 Å². The summed E-state index contributed by atoms with van der Waals surface area (Å²) in [5.74, 6) is 0.717. The van der Waals surface area contributed by atoms with Crippen LogP contribution in [-0.4, -0.2) is 31.6 Å². The van der Waals surface area contributed by atoms with Crippen LogP contribution >= 0.6 is 15.9 Å². The van der Waals surface area contributed by atoms with Crippen LogP contribution < -0.4 is 5.32 Å². The summed E-state index contributed by atoms with van der Waals surface area (Å²) in [4.78, 5) is 2.26. The fourth-order valence-electron chi connectivity index (χ4n) is 2.41. The van der Waals surface area contributed by atoms with Gasteiger partial charge < -0.3 is 10.2 Å². The second kappa shape index (κ2) is 8.03. The summed E-state index contributed by atoms with van der Waals surface area (Å²) in [5.41, 5.74) is 1.34. The zero-order chi connectivity index (χ0) is 14.4. The van der Waals surface area contributed by atoms with Gasteiger partial charge in [0.1, 0.15) is 0 Å². The van der Waals surface area contributed by atoms with Crippen molar-refractivity contribution in [3.8, 4) is 0 Å². The molecule has 1 rings (SSSR count). The molecule has 1 N–H and O–H groups in total. The van der Waals surface area contributed by atoms with E-state index in [4.69, 9.17) is 0 Å². The maximum atomic E-state index is 3.76. The van der Waals surface area contributed by atoms with E-state index in [0.29, 0.717) is 12.1 Å². The van der Waals surface area contributed by atoms with Crippen molar-refractivity contribution in [1.29, 1.82) is 0 Å².